The maximum atomic E-state index is 12.6. The Morgan fingerprint density at radius 2 is 1.66 bits per heavy atom. The molecule has 0 radical (unpaired) electrons. The topological polar surface area (TPSA) is 102 Å². The molecular formula is C23H22N2O7. The van der Waals surface area contributed by atoms with Crippen LogP contribution in [-0.4, -0.2) is 61.4 Å². The molecular weight excluding hydrogens is 416 g/mol. The number of nitrogens with zero attached hydrogens (tertiary/aromatic N) is 2. The highest BCUT2D eigenvalue weighted by Gasteiger charge is 2.37. The number of barbiturate groups is 1. The number of carbonyl (C=O) groups is 4. The molecule has 32 heavy (non-hydrogen) atoms. The maximum absolute atomic E-state index is 12.6. The van der Waals surface area contributed by atoms with Gasteiger partial charge in [-0.05, 0) is 48.9 Å². The van der Waals surface area contributed by atoms with Crippen LogP contribution in [0.4, 0.5) is 4.79 Å². The van der Waals surface area contributed by atoms with E-state index in [2.05, 4.69) is 0 Å². The molecule has 1 aliphatic heterocycles. The summed E-state index contributed by atoms with van der Waals surface area (Å²) < 4.78 is 16.2. The van der Waals surface area contributed by atoms with Gasteiger partial charge in [0.05, 0.1) is 19.3 Å². The number of likely N-dealkylation sites (N-methyl/N-ethyl adjacent to an activating group) is 2. The zero-order valence-corrected chi connectivity index (χ0v) is 18.1. The average Bonchev–Trinajstić information content (AvgIpc) is 2.81. The van der Waals surface area contributed by atoms with Crippen molar-refractivity contribution in [2.24, 2.45) is 0 Å². The normalized spacial score (nSPS) is 13.9. The van der Waals surface area contributed by atoms with E-state index in [0.29, 0.717) is 23.5 Å². The lowest BCUT2D eigenvalue weighted by molar-refractivity contribution is -0.134. The minimum atomic E-state index is -0.704. The van der Waals surface area contributed by atoms with E-state index < -0.39 is 23.8 Å². The number of esters is 1. The fourth-order valence-electron chi connectivity index (χ4n) is 3.02. The van der Waals surface area contributed by atoms with Gasteiger partial charge in [0, 0.05) is 14.1 Å². The third-order valence-corrected chi connectivity index (χ3v) is 4.73. The molecule has 0 saturated carbocycles. The van der Waals surface area contributed by atoms with Gasteiger partial charge in [-0.25, -0.2) is 9.59 Å². The van der Waals surface area contributed by atoms with E-state index in [4.69, 9.17) is 14.2 Å². The highest BCUT2D eigenvalue weighted by molar-refractivity contribution is 6.30. The number of benzene rings is 2. The third-order valence-electron chi connectivity index (χ3n) is 4.73. The quantitative estimate of drug-likeness (QED) is 0.296. The molecule has 1 heterocycles. The summed E-state index contributed by atoms with van der Waals surface area (Å²) in [6.45, 7) is 2.06. The maximum Gasteiger partial charge on any atom is 0.343 e. The predicted molar refractivity (Wildman–Crippen MR) is 114 cm³/mol. The molecule has 0 bridgehead atoms. The number of rotatable bonds is 6. The fourth-order valence-corrected chi connectivity index (χ4v) is 3.02. The molecule has 4 amide bonds. The van der Waals surface area contributed by atoms with Crippen molar-refractivity contribution in [3.05, 3.63) is 59.2 Å². The summed E-state index contributed by atoms with van der Waals surface area (Å²) in [5.74, 6) is -1.06. The highest BCUT2D eigenvalue weighted by Crippen LogP contribution is 2.31. The second-order valence-corrected chi connectivity index (χ2v) is 6.83. The van der Waals surface area contributed by atoms with Gasteiger partial charge in [-0.3, -0.25) is 19.4 Å². The highest BCUT2D eigenvalue weighted by atomic mass is 16.6. The minimum Gasteiger partial charge on any atom is -0.497 e. The van der Waals surface area contributed by atoms with Crippen molar-refractivity contribution in [3.63, 3.8) is 0 Å². The Labute approximate surface area is 184 Å². The summed E-state index contributed by atoms with van der Waals surface area (Å²) in [6, 6.07) is 10.4. The summed E-state index contributed by atoms with van der Waals surface area (Å²) in [7, 11) is 4.10. The lowest BCUT2D eigenvalue weighted by atomic mass is 10.1. The molecule has 9 heteroatoms. The first kappa shape index (κ1) is 22.5. The van der Waals surface area contributed by atoms with Crippen molar-refractivity contribution >= 4 is 29.9 Å². The molecule has 1 fully saturated rings. The summed E-state index contributed by atoms with van der Waals surface area (Å²) in [6.07, 6.45) is 1.36. The van der Waals surface area contributed by atoms with Crippen molar-refractivity contribution in [2.75, 3.05) is 27.8 Å². The van der Waals surface area contributed by atoms with Crippen LogP contribution in [-0.2, 0) is 9.59 Å². The molecule has 1 aliphatic rings. The zero-order chi connectivity index (χ0) is 23.4. The van der Waals surface area contributed by atoms with Crippen LogP contribution in [0, 0.1) is 0 Å². The van der Waals surface area contributed by atoms with Gasteiger partial charge in [-0.2, -0.15) is 0 Å². The van der Waals surface area contributed by atoms with Crippen LogP contribution < -0.4 is 14.2 Å². The molecule has 1 saturated heterocycles. The summed E-state index contributed by atoms with van der Waals surface area (Å²) in [4.78, 5) is 51.0. The standard InChI is InChI=1S/C23H22N2O7/c1-5-31-19-12-14(11-17-20(26)24(2)23(29)25(3)21(17)27)9-10-18(19)32-22(28)15-7-6-8-16(13-15)30-4/h6-13H,5H2,1-4H3. The second-order valence-electron chi connectivity index (χ2n) is 6.83. The Morgan fingerprint density at radius 1 is 0.969 bits per heavy atom. The van der Waals surface area contributed by atoms with E-state index in [0.717, 1.165) is 9.80 Å². The second kappa shape index (κ2) is 9.34. The lowest BCUT2D eigenvalue weighted by Crippen LogP contribution is -2.52. The van der Waals surface area contributed by atoms with Gasteiger partial charge in [-0.1, -0.05) is 12.1 Å². The van der Waals surface area contributed by atoms with Crippen LogP contribution in [0.15, 0.2) is 48.0 Å². The lowest BCUT2D eigenvalue weighted by Gasteiger charge is -2.28. The van der Waals surface area contributed by atoms with E-state index in [-0.39, 0.29) is 17.1 Å². The molecule has 0 spiro atoms. The van der Waals surface area contributed by atoms with E-state index in [9.17, 15) is 19.2 Å². The average molecular weight is 438 g/mol. The predicted octanol–water partition coefficient (Wildman–Crippen LogP) is 2.75. The number of hydrogen-bond acceptors (Lipinski definition) is 7. The van der Waals surface area contributed by atoms with Crippen LogP contribution in [0.1, 0.15) is 22.8 Å². The van der Waals surface area contributed by atoms with E-state index in [1.807, 2.05) is 0 Å². The molecule has 0 atom stereocenters. The summed E-state index contributed by atoms with van der Waals surface area (Å²) in [5.41, 5.74) is 0.591. The molecule has 3 rings (SSSR count). The summed E-state index contributed by atoms with van der Waals surface area (Å²) in [5, 5.41) is 0. The Balaban J connectivity index is 1.91. The van der Waals surface area contributed by atoms with Crippen molar-refractivity contribution < 1.29 is 33.4 Å². The van der Waals surface area contributed by atoms with Gasteiger partial charge in [0.15, 0.2) is 11.5 Å². The fraction of sp³-hybridized carbons (Fsp3) is 0.217. The van der Waals surface area contributed by atoms with Gasteiger partial charge in [-0.15, -0.1) is 0 Å². The van der Waals surface area contributed by atoms with Crippen molar-refractivity contribution in [3.8, 4) is 17.2 Å². The van der Waals surface area contributed by atoms with Gasteiger partial charge in [0.25, 0.3) is 11.8 Å². The minimum absolute atomic E-state index is 0.168. The number of carbonyl (C=O) groups excluding carboxylic acids is 4. The number of ether oxygens (including phenoxy) is 3. The molecule has 0 N–H and O–H groups in total. The van der Waals surface area contributed by atoms with E-state index in [1.54, 1.807) is 43.3 Å². The number of urea groups is 1. The molecule has 2 aromatic carbocycles. The van der Waals surface area contributed by atoms with Gasteiger partial charge in [0.2, 0.25) is 0 Å². The Bertz CT molecular complexity index is 1100. The molecule has 0 aliphatic carbocycles. The Morgan fingerprint density at radius 3 is 2.28 bits per heavy atom. The first-order chi connectivity index (χ1) is 15.3. The van der Waals surface area contributed by atoms with E-state index >= 15 is 0 Å². The first-order valence-corrected chi connectivity index (χ1v) is 9.71. The SMILES string of the molecule is CCOc1cc(C=C2C(=O)N(C)C(=O)N(C)C2=O)ccc1OC(=O)c1cccc(OC)c1. The molecule has 166 valence electrons. The van der Waals surface area contributed by atoms with Gasteiger partial charge >= 0.3 is 12.0 Å². The first-order valence-electron chi connectivity index (χ1n) is 9.71. The number of imide groups is 2. The molecule has 0 aromatic heterocycles. The van der Waals surface area contributed by atoms with Crippen LogP contribution >= 0.6 is 0 Å². The molecule has 9 nitrogen and oxygen atoms in total. The van der Waals surface area contributed by atoms with Crippen molar-refractivity contribution in [2.45, 2.75) is 6.92 Å². The third kappa shape index (κ3) is 4.46. The van der Waals surface area contributed by atoms with Crippen LogP contribution in [0.2, 0.25) is 0 Å². The Hall–Kier alpha value is -4.14. The van der Waals surface area contributed by atoms with E-state index in [1.165, 1.54) is 33.3 Å². The monoisotopic (exact) mass is 438 g/mol. The van der Waals surface area contributed by atoms with Crippen LogP contribution in [0.25, 0.3) is 6.08 Å². The molecule has 0 unspecified atom stereocenters. The largest absolute Gasteiger partial charge is 0.497 e. The van der Waals surface area contributed by atoms with Gasteiger partial charge < -0.3 is 14.2 Å². The smallest absolute Gasteiger partial charge is 0.343 e. The number of hydrogen-bond donors (Lipinski definition) is 0. The van der Waals surface area contributed by atoms with Crippen molar-refractivity contribution in [1.82, 2.24) is 9.80 Å². The molecule has 2 aromatic rings. The summed E-state index contributed by atoms with van der Waals surface area (Å²) >= 11 is 0. The Kier molecular flexibility index (Phi) is 6.58. The number of amides is 4. The number of methoxy groups -OCH3 is 1. The van der Waals surface area contributed by atoms with Gasteiger partial charge in [0.1, 0.15) is 11.3 Å². The van der Waals surface area contributed by atoms with Crippen LogP contribution in [0.3, 0.4) is 0 Å². The van der Waals surface area contributed by atoms with Crippen molar-refractivity contribution in [1.29, 1.82) is 0 Å². The van der Waals surface area contributed by atoms with Crippen LogP contribution in [0.5, 0.6) is 17.2 Å². The zero-order valence-electron chi connectivity index (χ0n) is 18.1.